The fraction of sp³-hybridized carbons (Fsp3) is 0.444. The Bertz CT molecular complexity index is 434. The van der Waals surface area contributed by atoms with E-state index in [0.717, 1.165) is 30.0 Å². The van der Waals surface area contributed by atoms with Crippen LogP contribution in [-0.2, 0) is 6.42 Å². The van der Waals surface area contributed by atoms with Gasteiger partial charge >= 0.3 is 0 Å². The molecule has 0 amide bonds. The van der Waals surface area contributed by atoms with Crippen LogP contribution in [0.3, 0.4) is 0 Å². The van der Waals surface area contributed by atoms with Crippen LogP contribution in [0.2, 0.25) is 0 Å². The second-order valence-electron chi connectivity index (χ2n) is 3.27. The third-order valence-corrected chi connectivity index (χ3v) is 2.11. The summed E-state index contributed by atoms with van der Waals surface area (Å²) in [6.07, 6.45) is 3.54. The van der Waals surface area contributed by atoms with Crippen LogP contribution in [0.15, 0.2) is 12.4 Å². The number of aromatic nitrogens is 4. The maximum absolute atomic E-state index is 5.44. The molecule has 0 aliphatic carbocycles. The lowest BCUT2D eigenvalue weighted by atomic mass is 10.3. The first-order valence-electron chi connectivity index (χ1n) is 4.67. The van der Waals surface area contributed by atoms with E-state index < -0.39 is 0 Å². The molecular formula is C9H13N5. The maximum atomic E-state index is 5.44. The SMILES string of the molecule is Cc1cc2nnc(CCCN)n2cn1. The molecule has 74 valence electrons. The van der Waals surface area contributed by atoms with E-state index in [-0.39, 0.29) is 0 Å². The Hall–Kier alpha value is -1.49. The van der Waals surface area contributed by atoms with Crippen LogP contribution in [0.4, 0.5) is 0 Å². The van der Waals surface area contributed by atoms with Crippen LogP contribution in [-0.4, -0.2) is 26.1 Å². The van der Waals surface area contributed by atoms with E-state index in [2.05, 4.69) is 15.2 Å². The lowest BCUT2D eigenvalue weighted by Gasteiger charge is -1.98. The van der Waals surface area contributed by atoms with Crippen molar-refractivity contribution < 1.29 is 0 Å². The Balaban J connectivity index is 2.37. The minimum atomic E-state index is 0.675. The summed E-state index contributed by atoms with van der Waals surface area (Å²) < 4.78 is 1.91. The number of hydrogen-bond acceptors (Lipinski definition) is 4. The summed E-state index contributed by atoms with van der Waals surface area (Å²) in [5, 5.41) is 8.16. The van der Waals surface area contributed by atoms with Crippen molar-refractivity contribution in [3.63, 3.8) is 0 Å². The zero-order valence-electron chi connectivity index (χ0n) is 8.14. The van der Waals surface area contributed by atoms with Crippen LogP contribution >= 0.6 is 0 Å². The van der Waals surface area contributed by atoms with Gasteiger partial charge in [0.25, 0.3) is 0 Å². The molecular weight excluding hydrogens is 178 g/mol. The van der Waals surface area contributed by atoms with E-state index in [1.165, 1.54) is 0 Å². The molecule has 2 heterocycles. The molecule has 2 rings (SSSR count). The van der Waals surface area contributed by atoms with Gasteiger partial charge in [0.1, 0.15) is 12.2 Å². The zero-order valence-corrected chi connectivity index (χ0v) is 8.14. The number of nitrogens with two attached hydrogens (primary N) is 1. The summed E-state index contributed by atoms with van der Waals surface area (Å²) in [4.78, 5) is 4.20. The van der Waals surface area contributed by atoms with Gasteiger partial charge in [-0.05, 0) is 19.9 Å². The van der Waals surface area contributed by atoms with Gasteiger partial charge in [-0.3, -0.25) is 4.40 Å². The monoisotopic (exact) mass is 191 g/mol. The smallest absolute Gasteiger partial charge is 0.163 e. The molecule has 0 spiro atoms. The van der Waals surface area contributed by atoms with Gasteiger partial charge in [0, 0.05) is 18.2 Å². The number of nitrogens with zero attached hydrogens (tertiary/aromatic N) is 4. The maximum Gasteiger partial charge on any atom is 0.163 e. The van der Waals surface area contributed by atoms with Crippen molar-refractivity contribution >= 4 is 5.65 Å². The highest BCUT2D eigenvalue weighted by Crippen LogP contribution is 2.05. The molecule has 5 nitrogen and oxygen atoms in total. The lowest BCUT2D eigenvalue weighted by Crippen LogP contribution is -2.03. The summed E-state index contributed by atoms with van der Waals surface area (Å²) in [5.41, 5.74) is 7.25. The number of aryl methyl sites for hydroxylation is 2. The van der Waals surface area contributed by atoms with Gasteiger partial charge in [0.15, 0.2) is 5.65 Å². The molecule has 0 atom stereocenters. The number of fused-ring (bicyclic) bond motifs is 1. The number of rotatable bonds is 3. The molecule has 5 heteroatoms. The highest BCUT2D eigenvalue weighted by Gasteiger charge is 2.04. The van der Waals surface area contributed by atoms with Crippen LogP contribution in [0, 0.1) is 6.92 Å². The molecule has 2 aromatic rings. The van der Waals surface area contributed by atoms with Gasteiger partial charge in [0.2, 0.25) is 0 Å². The van der Waals surface area contributed by atoms with E-state index in [0.29, 0.717) is 6.54 Å². The molecule has 0 aromatic carbocycles. The van der Waals surface area contributed by atoms with Crippen LogP contribution < -0.4 is 5.73 Å². The molecule has 0 saturated carbocycles. The topological polar surface area (TPSA) is 69.1 Å². The van der Waals surface area contributed by atoms with E-state index in [9.17, 15) is 0 Å². The number of hydrogen-bond donors (Lipinski definition) is 1. The van der Waals surface area contributed by atoms with Crippen molar-refractivity contribution in [3.05, 3.63) is 23.9 Å². The standard InChI is InChI=1S/C9H13N5/c1-7-5-9-13-12-8(3-2-4-10)14(9)6-11-7/h5-6H,2-4,10H2,1H3. The van der Waals surface area contributed by atoms with Gasteiger partial charge in [-0.1, -0.05) is 0 Å². The Morgan fingerprint density at radius 2 is 2.29 bits per heavy atom. The molecule has 0 aliphatic heterocycles. The predicted octanol–water partition coefficient (Wildman–Crippen LogP) is 0.324. The Kier molecular flexibility index (Phi) is 2.41. The third-order valence-electron chi connectivity index (χ3n) is 2.11. The van der Waals surface area contributed by atoms with Gasteiger partial charge in [-0.25, -0.2) is 4.98 Å². The second kappa shape index (κ2) is 3.71. The Morgan fingerprint density at radius 1 is 1.43 bits per heavy atom. The van der Waals surface area contributed by atoms with Gasteiger partial charge in [-0.15, -0.1) is 10.2 Å². The normalized spacial score (nSPS) is 11.0. The van der Waals surface area contributed by atoms with Crippen molar-refractivity contribution in [1.82, 2.24) is 19.6 Å². The molecule has 0 saturated heterocycles. The molecule has 0 fully saturated rings. The summed E-state index contributed by atoms with van der Waals surface area (Å²) in [6.45, 7) is 2.61. The van der Waals surface area contributed by atoms with Crippen LogP contribution in [0.25, 0.3) is 5.65 Å². The van der Waals surface area contributed by atoms with E-state index in [1.54, 1.807) is 6.33 Å². The molecule has 14 heavy (non-hydrogen) atoms. The fourth-order valence-electron chi connectivity index (χ4n) is 1.37. The van der Waals surface area contributed by atoms with Gasteiger partial charge < -0.3 is 5.73 Å². The molecule has 2 N–H and O–H groups in total. The summed E-state index contributed by atoms with van der Waals surface area (Å²) in [5.74, 6) is 0.929. The molecule has 0 aliphatic rings. The second-order valence-corrected chi connectivity index (χ2v) is 3.27. The van der Waals surface area contributed by atoms with Crippen molar-refractivity contribution in [2.45, 2.75) is 19.8 Å². The van der Waals surface area contributed by atoms with Crippen molar-refractivity contribution in [2.24, 2.45) is 5.73 Å². The average Bonchev–Trinajstić information content (AvgIpc) is 2.57. The first-order chi connectivity index (χ1) is 6.81. The van der Waals surface area contributed by atoms with Crippen molar-refractivity contribution in [3.8, 4) is 0 Å². The minimum absolute atomic E-state index is 0.675. The van der Waals surface area contributed by atoms with E-state index in [1.807, 2.05) is 17.4 Å². The highest BCUT2D eigenvalue weighted by molar-refractivity contribution is 5.37. The van der Waals surface area contributed by atoms with Crippen molar-refractivity contribution in [2.75, 3.05) is 6.54 Å². The summed E-state index contributed by atoms with van der Waals surface area (Å²) >= 11 is 0. The van der Waals surface area contributed by atoms with Gasteiger partial charge in [0.05, 0.1) is 0 Å². The van der Waals surface area contributed by atoms with Crippen molar-refractivity contribution in [1.29, 1.82) is 0 Å². The first kappa shape index (κ1) is 9.08. The van der Waals surface area contributed by atoms with Crippen LogP contribution in [0.5, 0.6) is 0 Å². The molecule has 0 bridgehead atoms. The van der Waals surface area contributed by atoms with E-state index in [4.69, 9.17) is 5.73 Å². The average molecular weight is 191 g/mol. The quantitative estimate of drug-likeness (QED) is 0.758. The zero-order chi connectivity index (χ0) is 9.97. The predicted molar refractivity (Wildman–Crippen MR) is 52.9 cm³/mol. The largest absolute Gasteiger partial charge is 0.330 e. The van der Waals surface area contributed by atoms with E-state index >= 15 is 0 Å². The molecule has 0 unspecified atom stereocenters. The Labute approximate surface area is 82.0 Å². The highest BCUT2D eigenvalue weighted by atomic mass is 15.3. The Morgan fingerprint density at radius 3 is 3.07 bits per heavy atom. The fourth-order valence-corrected chi connectivity index (χ4v) is 1.37. The summed E-state index contributed by atoms with van der Waals surface area (Å²) in [6, 6.07) is 1.92. The van der Waals surface area contributed by atoms with Gasteiger partial charge in [-0.2, -0.15) is 0 Å². The molecule has 0 radical (unpaired) electrons. The first-order valence-corrected chi connectivity index (χ1v) is 4.67. The lowest BCUT2D eigenvalue weighted by molar-refractivity contribution is 0.766. The summed E-state index contributed by atoms with van der Waals surface area (Å²) in [7, 11) is 0. The molecule has 2 aromatic heterocycles. The minimum Gasteiger partial charge on any atom is -0.330 e. The third kappa shape index (κ3) is 1.58. The van der Waals surface area contributed by atoms with Crippen LogP contribution in [0.1, 0.15) is 17.9 Å².